The molecule has 1 N–H and O–H groups in total. The van der Waals surface area contributed by atoms with Crippen molar-refractivity contribution in [1.82, 2.24) is 15.1 Å². The molecule has 1 amide bonds. The minimum Gasteiger partial charge on any atom is -0.419 e. The summed E-state index contributed by atoms with van der Waals surface area (Å²) in [5, 5.41) is 11.4. The molecule has 0 unspecified atom stereocenters. The van der Waals surface area contributed by atoms with Crippen LogP contribution in [0.4, 0.5) is 10.1 Å². The van der Waals surface area contributed by atoms with Gasteiger partial charge in [-0.15, -0.1) is 10.2 Å². The number of carbonyl (C=O) groups is 1. The van der Waals surface area contributed by atoms with E-state index in [0.29, 0.717) is 46.7 Å². The monoisotopic (exact) mass is 416 g/mol. The Morgan fingerprint density at radius 2 is 2.03 bits per heavy atom. The number of nitrogens with one attached hydrogen (secondary N) is 1. The smallest absolute Gasteiger partial charge is 0.249 e. The molecule has 1 heterocycles. The summed E-state index contributed by atoms with van der Waals surface area (Å²) in [4.78, 5) is 14.3. The standard InChI is InChI=1S/C21H22ClFN4O2/c1-3-10-27(12-19(28)24-15-9-8-14(2)18(23)11-15)13-20-25-26-21(29-20)16-6-4-5-7-17(16)22/h4-9,11H,3,10,12-13H2,1-2H3,(H,24,28). The summed E-state index contributed by atoms with van der Waals surface area (Å²) in [6.07, 6.45) is 0.845. The normalized spacial score (nSPS) is 11.1. The third kappa shape index (κ3) is 5.62. The van der Waals surface area contributed by atoms with Crippen LogP contribution in [0.5, 0.6) is 0 Å². The lowest BCUT2D eigenvalue weighted by Crippen LogP contribution is -2.33. The molecule has 3 rings (SSSR count). The topological polar surface area (TPSA) is 71.3 Å². The second kappa shape index (κ2) is 9.62. The molecular formula is C21H22ClFN4O2. The van der Waals surface area contributed by atoms with Gasteiger partial charge in [-0.25, -0.2) is 4.39 Å². The molecule has 0 aliphatic rings. The molecule has 0 spiro atoms. The maximum Gasteiger partial charge on any atom is 0.249 e. The summed E-state index contributed by atoms with van der Waals surface area (Å²) in [7, 11) is 0. The Morgan fingerprint density at radius 1 is 1.24 bits per heavy atom. The summed E-state index contributed by atoms with van der Waals surface area (Å²) in [6.45, 7) is 4.79. The largest absolute Gasteiger partial charge is 0.419 e. The molecule has 3 aromatic rings. The minimum absolute atomic E-state index is 0.118. The maximum absolute atomic E-state index is 13.7. The molecule has 0 aliphatic carbocycles. The molecule has 0 saturated heterocycles. The first-order valence-electron chi connectivity index (χ1n) is 9.32. The number of nitrogens with zero attached hydrogens (tertiary/aromatic N) is 3. The van der Waals surface area contributed by atoms with Gasteiger partial charge in [0.05, 0.1) is 23.7 Å². The van der Waals surface area contributed by atoms with E-state index < -0.39 is 0 Å². The van der Waals surface area contributed by atoms with Gasteiger partial charge in [0, 0.05) is 5.69 Å². The number of benzene rings is 2. The van der Waals surface area contributed by atoms with Gasteiger partial charge in [-0.3, -0.25) is 9.69 Å². The lowest BCUT2D eigenvalue weighted by atomic mass is 10.2. The fourth-order valence-corrected chi connectivity index (χ4v) is 3.07. The molecule has 0 atom stereocenters. The molecular weight excluding hydrogens is 395 g/mol. The van der Waals surface area contributed by atoms with Gasteiger partial charge >= 0.3 is 0 Å². The third-order valence-electron chi connectivity index (χ3n) is 4.29. The van der Waals surface area contributed by atoms with Gasteiger partial charge in [0.2, 0.25) is 17.7 Å². The van der Waals surface area contributed by atoms with Crippen LogP contribution in [0.3, 0.4) is 0 Å². The predicted molar refractivity (Wildman–Crippen MR) is 110 cm³/mol. The van der Waals surface area contributed by atoms with Crippen molar-refractivity contribution < 1.29 is 13.6 Å². The number of aryl methyl sites for hydroxylation is 1. The number of anilines is 1. The van der Waals surface area contributed by atoms with Crippen molar-refractivity contribution in [3.63, 3.8) is 0 Å². The van der Waals surface area contributed by atoms with Gasteiger partial charge in [-0.1, -0.05) is 36.7 Å². The van der Waals surface area contributed by atoms with E-state index >= 15 is 0 Å². The van der Waals surface area contributed by atoms with E-state index in [0.717, 1.165) is 6.42 Å². The molecule has 29 heavy (non-hydrogen) atoms. The van der Waals surface area contributed by atoms with E-state index in [4.69, 9.17) is 16.0 Å². The molecule has 0 bridgehead atoms. The van der Waals surface area contributed by atoms with E-state index in [-0.39, 0.29) is 18.3 Å². The van der Waals surface area contributed by atoms with Crippen LogP contribution in [0.25, 0.3) is 11.5 Å². The first-order valence-corrected chi connectivity index (χ1v) is 9.69. The van der Waals surface area contributed by atoms with Crippen LogP contribution in [-0.2, 0) is 11.3 Å². The molecule has 0 aliphatic heterocycles. The van der Waals surface area contributed by atoms with Crippen molar-refractivity contribution in [3.05, 3.63) is 64.8 Å². The zero-order valence-corrected chi connectivity index (χ0v) is 17.0. The summed E-state index contributed by atoms with van der Waals surface area (Å²) >= 11 is 6.17. The zero-order chi connectivity index (χ0) is 20.8. The SMILES string of the molecule is CCCN(CC(=O)Nc1ccc(C)c(F)c1)Cc1nnc(-c2ccccc2Cl)o1. The quantitative estimate of drug-likeness (QED) is 0.576. The van der Waals surface area contributed by atoms with Crippen molar-refractivity contribution >= 4 is 23.2 Å². The maximum atomic E-state index is 13.7. The first-order chi connectivity index (χ1) is 14.0. The van der Waals surface area contributed by atoms with Gasteiger partial charge in [0.15, 0.2) is 0 Å². The van der Waals surface area contributed by atoms with Crippen LogP contribution >= 0.6 is 11.6 Å². The number of halogens is 2. The van der Waals surface area contributed by atoms with E-state index in [1.807, 2.05) is 24.0 Å². The van der Waals surface area contributed by atoms with Crippen molar-refractivity contribution in [2.24, 2.45) is 0 Å². The number of hydrogen-bond acceptors (Lipinski definition) is 5. The van der Waals surface area contributed by atoms with Gasteiger partial charge in [-0.2, -0.15) is 0 Å². The van der Waals surface area contributed by atoms with Gasteiger partial charge < -0.3 is 9.73 Å². The summed E-state index contributed by atoms with van der Waals surface area (Å²) < 4.78 is 19.4. The van der Waals surface area contributed by atoms with Crippen LogP contribution in [0, 0.1) is 12.7 Å². The zero-order valence-electron chi connectivity index (χ0n) is 16.3. The number of hydrogen-bond donors (Lipinski definition) is 1. The minimum atomic E-state index is -0.355. The lowest BCUT2D eigenvalue weighted by molar-refractivity contribution is -0.117. The molecule has 1 aromatic heterocycles. The van der Waals surface area contributed by atoms with Crippen LogP contribution in [0.1, 0.15) is 24.8 Å². The average Bonchev–Trinajstić information content (AvgIpc) is 3.13. The van der Waals surface area contributed by atoms with E-state index in [1.54, 1.807) is 31.2 Å². The number of rotatable bonds is 8. The molecule has 8 heteroatoms. The van der Waals surface area contributed by atoms with Gasteiger partial charge in [0.1, 0.15) is 5.82 Å². The molecule has 0 fully saturated rings. The number of amides is 1. The fourth-order valence-electron chi connectivity index (χ4n) is 2.86. The second-order valence-electron chi connectivity index (χ2n) is 6.70. The van der Waals surface area contributed by atoms with Crippen molar-refractivity contribution in [1.29, 1.82) is 0 Å². The number of carbonyl (C=O) groups excluding carboxylic acids is 1. The predicted octanol–water partition coefficient (Wildman–Crippen LogP) is 4.69. The highest BCUT2D eigenvalue weighted by atomic mass is 35.5. The van der Waals surface area contributed by atoms with Crippen LogP contribution in [0.2, 0.25) is 5.02 Å². The Bertz CT molecular complexity index is 992. The molecule has 0 saturated carbocycles. The van der Waals surface area contributed by atoms with Crippen molar-refractivity contribution in [3.8, 4) is 11.5 Å². The summed E-state index contributed by atoms with van der Waals surface area (Å²) in [5.74, 6) is 0.128. The molecule has 2 aromatic carbocycles. The third-order valence-corrected chi connectivity index (χ3v) is 4.62. The summed E-state index contributed by atoms with van der Waals surface area (Å²) in [6, 6.07) is 11.8. The fraction of sp³-hybridized carbons (Fsp3) is 0.286. The molecule has 6 nitrogen and oxygen atoms in total. The lowest BCUT2D eigenvalue weighted by Gasteiger charge is -2.19. The van der Waals surface area contributed by atoms with Crippen LogP contribution in [0.15, 0.2) is 46.9 Å². The van der Waals surface area contributed by atoms with Crippen molar-refractivity contribution in [2.45, 2.75) is 26.8 Å². The van der Waals surface area contributed by atoms with Crippen LogP contribution < -0.4 is 5.32 Å². The van der Waals surface area contributed by atoms with Crippen molar-refractivity contribution in [2.75, 3.05) is 18.4 Å². The Balaban J connectivity index is 1.65. The Morgan fingerprint density at radius 3 is 2.76 bits per heavy atom. The first kappa shape index (κ1) is 21.0. The molecule has 0 radical (unpaired) electrons. The summed E-state index contributed by atoms with van der Waals surface area (Å²) in [5.41, 5.74) is 1.61. The highest BCUT2D eigenvalue weighted by molar-refractivity contribution is 6.33. The second-order valence-corrected chi connectivity index (χ2v) is 7.11. The molecule has 152 valence electrons. The average molecular weight is 417 g/mol. The Hall–Kier alpha value is -2.77. The number of aromatic nitrogens is 2. The highest BCUT2D eigenvalue weighted by Crippen LogP contribution is 2.26. The van der Waals surface area contributed by atoms with E-state index in [9.17, 15) is 9.18 Å². The van der Waals surface area contributed by atoms with Crippen LogP contribution in [-0.4, -0.2) is 34.1 Å². The van der Waals surface area contributed by atoms with E-state index in [2.05, 4.69) is 15.5 Å². The van der Waals surface area contributed by atoms with Gasteiger partial charge in [-0.05, 0) is 49.7 Å². The Kier molecular flexibility index (Phi) is 6.95. The highest BCUT2D eigenvalue weighted by Gasteiger charge is 2.17. The van der Waals surface area contributed by atoms with Gasteiger partial charge in [0.25, 0.3) is 0 Å². The Labute approximate surface area is 173 Å². The van der Waals surface area contributed by atoms with E-state index in [1.165, 1.54) is 6.07 Å².